The van der Waals surface area contributed by atoms with E-state index in [1.807, 2.05) is 31.2 Å². The Bertz CT molecular complexity index is 418. The molecule has 0 unspecified atom stereocenters. The van der Waals surface area contributed by atoms with Gasteiger partial charge in [0.25, 0.3) is 0 Å². The number of hydrogen-bond acceptors (Lipinski definition) is 3. The average molecular weight is 279 g/mol. The molecule has 1 aromatic carbocycles. The van der Waals surface area contributed by atoms with Gasteiger partial charge in [-0.2, -0.15) is 0 Å². The van der Waals surface area contributed by atoms with Gasteiger partial charge < -0.3 is 14.7 Å². The van der Waals surface area contributed by atoms with Gasteiger partial charge in [0.2, 0.25) is 0 Å². The van der Waals surface area contributed by atoms with Crippen molar-refractivity contribution in [1.82, 2.24) is 0 Å². The monoisotopic (exact) mass is 279 g/mol. The van der Waals surface area contributed by atoms with E-state index in [0.29, 0.717) is 25.6 Å². The van der Waals surface area contributed by atoms with E-state index in [0.717, 1.165) is 17.9 Å². The van der Waals surface area contributed by atoms with Crippen LogP contribution in [0.25, 0.3) is 0 Å². The summed E-state index contributed by atoms with van der Waals surface area (Å²) in [7, 11) is 0. The van der Waals surface area contributed by atoms with Crippen LogP contribution >= 0.6 is 0 Å². The Morgan fingerprint density at radius 2 is 2.00 bits per heavy atom. The molecule has 4 nitrogen and oxygen atoms in total. The van der Waals surface area contributed by atoms with Crippen LogP contribution in [0.1, 0.15) is 25.8 Å². The zero-order valence-corrected chi connectivity index (χ0v) is 12.6. The molecule has 4 heteroatoms. The lowest BCUT2D eigenvalue weighted by Gasteiger charge is -2.26. The second kappa shape index (κ2) is 8.59. The van der Waals surface area contributed by atoms with Crippen LogP contribution in [0, 0.1) is 12.8 Å². The summed E-state index contributed by atoms with van der Waals surface area (Å²) in [5.74, 6) is -0.257. The highest BCUT2D eigenvalue weighted by Crippen LogP contribution is 2.19. The van der Waals surface area contributed by atoms with Crippen LogP contribution in [0.15, 0.2) is 24.3 Å². The zero-order chi connectivity index (χ0) is 15.0. The van der Waals surface area contributed by atoms with E-state index in [1.165, 1.54) is 0 Å². The minimum Gasteiger partial charge on any atom is -0.481 e. The topological polar surface area (TPSA) is 49.8 Å². The van der Waals surface area contributed by atoms with E-state index < -0.39 is 5.97 Å². The van der Waals surface area contributed by atoms with Crippen LogP contribution in [0.5, 0.6) is 0 Å². The smallest absolute Gasteiger partial charge is 0.305 e. The molecule has 0 radical (unpaired) electrons. The Labute approximate surface area is 121 Å². The largest absolute Gasteiger partial charge is 0.481 e. The van der Waals surface area contributed by atoms with Gasteiger partial charge in [0, 0.05) is 25.4 Å². The van der Waals surface area contributed by atoms with Crippen molar-refractivity contribution in [1.29, 1.82) is 0 Å². The third-order valence-electron chi connectivity index (χ3n) is 3.01. The normalized spacial score (nSPS) is 10.8. The fraction of sp³-hybridized carbons (Fsp3) is 0.562. The number of carbonyl (C=O) groups is 1. The number of benzene rings is 1. The summed E-state index contributed by atoms with van der Waals surface area (Å²) >= 11 is 0. The predicted molar refractivity (Wildman–Crippen MR) is 81.3 cm³/mol. The molecule has 1 rings (SSSR count). The van der Waals surface area contributed by atoms with Gasteiger partial charge in [-0.25, -0.2) is 0 Å². The first-order valence-electron chi connectivity index (χ1n) is 7.10. The van der Waals surface area contributed by atoms with Crippen LogP contribution < -0.4 is 4.90 Å². The van der Waals surface area contributed by atoms with Gasteiger partial charge in [0.15, 0.2) is 0 Å². The summed E-state index contributed by atoms with van der Waals surface area (Å²) in [5, 5.41) is 8.87. The zero-order valence-electron chi connectivity index (χ0n) is 12.6. The minimum absolute atomic E-state index is 0.137. The molecule has 112 valence electrons. The Morgan fingerprint density at radius 1 is 1.30 bits per heavy atom. The molecule has 1 N–H and O–H groups in total. The fourth-order valence-electron chi connectivity index (χ4n) is 2.00. The number of aliphatic carboxylic acids is 1. The van der Waals surface area contributed by atoms with E-state index in [9.17, 15) is 4.79 Å². The predicted octanol–water partition coefficient (Wildman–Crippen LogP) is 2.95. The first-order valence-corrected chi connectivity index (χ1v) is 7.10. The van der Waals surface area contributed by atoms with E-state index in [1.54, 1.807) is 0 Å². The Kier molecular flexibility index (Phi) is 7.09. The molecule has 20 heavy (non-hydrogen) atoms. The first kappa shape index (κ1) is 16.5. The van der Waals surface area contributed by atoms with Gasteiger partial charge in [-0.3, -0.25) is 4.79 Å². The van der Waals surface area contributed by atoms with E-state index in [4.69, 9.17) is 9.84 Å². The number of hydrogen-bond donors (Lipinski definition) is 1. The molecule has 0 bridgehead atoms. The van der Waals surface area contributed by atoms with Crippen LogP contribution in [0.4, 0.5) is 5.69 Å². The summed E-state index contributed by atoms with van der Waals surface area (Å²) in [5.41, 5.74) is 2.24. The lowest BCUT2D eigenvalue weighted by molar-refractivity contribution is -0.136. The van der Waals surface area contributed by atoms with Crippen molar-refractivity contribution in [3.8, 4) is 0 Å². The fourth-order valence-corrected chi connectivity index (χ4v) is 2.00. The van der Waals surface area contributed by atoms with Crippen LogP contribution in [-0.2, 0) is 9.53 Å². The molecule has 0 saturated carbocycles. The number of para-hydroxylation sites is 1. The Morgan fingerprint density at radius 3 is 2.60 bits per heavy atom. The quantitative estimate of drug-likeness (QED) is 0.706. The SMILES string of the molecule is Cc1ccccc1N(CCOCC(C)C)CCC(=O)O. The molecule has 0 aliphatic rings. The first-order chi connectivity index (χ1) is 9.50. The Hall–Kier alpha value is -1.55. The number of anilines is 1. The average Bonchev–Trinajstić information content (AvgIpc) is 2.38. The number of carboxylic acid groups (broad SMARTS) is 1. The maximum Gasteiger partial charge on any atom is 0.305 e. The summed E-state index contributed by atoms with van der Waals surface area (Å²) in [6.07, 6.45) is 0.137. The lowest BCUT2D eigenvalue weighted by Crippen LogP contribution is -2.30. The molecular formula is C16H25NO3. The van der Waals surface area contributed by atoms with Gasteiger partial charge in [-0.05, 0) is 24.5 Å². The second-order valence-corrected chi connectivity index (χ2v) is 5.39. The standard InChI is InChI=1S/C16H25NO3/c1-13(2)12-20-11-10-17(9-8-16(18)19)15-7-5-4-6-14(15)3/h4-7,13H,8-12H2,1-3H3,(H,18,19). The highest BCUT2D eigenvalue weighted by molar-refractivity contribution is 5.68. The van der Waals surface area contributed by atoms with Crippen molar-refractivity contribution < 1.29 is 14.6 Å². The highest BCUT2D eigenvalue weighted by atomic mass is 16.5. The van der Waals surface area contributed by atoms with Gasteiger partial charge in [-0.15, -0.1) is 0 Å². The third-order valence-corrected chi connectivity index (χ3v) is 3.01. The van der Waals surface area contributed by atoms with Crippen LogP contribution in [0.3, 0.4) is 0 Å². The maximum absolute atomic E-state index is 10.8. The maximum atomic E-state index is 10.8. The highest BCUT2D eigenvalue weighted by Gasteiger charge is 2.10. The third kappa shape index (κ3) is 6.06. The van der Waals surface area contributed by atoms with Crippen LogP contribution in [0.2, 0.25) is 0 Å². The van der Waals surface area contributed by atoms with Crippen molar-refractivity contribution >= 4 is 11.7 Å². The van der Waals surface area contributed by atoms with Crippen molar-refractivity contribution in [2.75, 3.05) is 31.2 Å². The van der Waals surface area contributed by atoms with Gasteiger partial charge in [-0.1, -0.05) is 32.0 Å². The van der Waals surface area contributed by atoms with E-state index >= 15 is 0 Å². The Balaban J connectivity index is 2.60. The molecule has 0 aliphatic heterocycles. The molecular weight excluding hydrogens is 254 g/mol. The molecule has 0 saturated heterocycles. The molecule has 0 amide bonds. The van der Waals surface area contributed by atoms with E-state index in [-0.39, 0.29) is 6.42 Å². The van der Waals surface area contributed by atoms with Crippen molar-refractivity contribution in [2.45, 2.75) is 27.2 Å². The molecule has 0 aromatic heterocycles. The minimum atomic E-state index is -0.772. The number of nitrogens with zero attached hydrogens (tertiary/aromatic N) is 1. The lowest BCUT2D eigenvalue weighted by atomic mass is 10.1. The van der Waals surface area contributed by atoms with E-state index in [2.05, 4.69) is 18.7 Å². The van der Waals surface area contributed by atoms with Gasteiger partial charge in [0.05, 0.1) is 13.0 Å². The molecule has 0 heterocycles. The number of ether oxygens (including phenoxy) is 1. The van der Waals surface area contributed by atoms with Crippen LogP contribution in [-0.4, -0.2) is 37.4 Å². The number of carboxylic acids is 1. The molecule has 1 aromatic rings. The second-order valence-electron chi connectivity index (χ2n) is 5.39. The molecule has 0 atom stereocenters. The van der Waals surface area contributed by atoms with Crippen molar-refractivity contribution in [2.24, 2.45) is 5.92 Å². The summed E-state index contributed by atoms with van der Waals surface area (Å²) < 4.78 is 5.60. The molecule has 0 fully saturated rings. The summed E-state index contributed by atoms with van der Waals surface area (Å²) in [6, 6.07) is 8.03. The van der Waals surface area contributed by atoms with Gasteiger partial charge >= 0.3 is 5.97 Å². The van der Waals surface area contributed by atoms with Crippen molar-refractivity contribution in [3.63, 3.8) is 0 Å². The summed E-state index contributed by atoms with van der Waals surface area (Å²) in [6.45, 7) is 8.84. The summed E-state index contributed by atoms with van der Waals surface area (Å²) in [4.78, 5) is 12.9. The molecule has 0 spiro atoms. The molecule has 0 aliphatic carbocycles. The number of rotatable bonds is 9. The van der Waals surface area contributed by atoms with Gasteiger partial charge in [0.1, 0.15) is 0 Å². The number of aryl methyl sites for hydroxylation is 1. The van der Waals surface area contributed by atoms with Crippen molar-refractivity contribution in [3.05, 3.63) is 29.8 Å².